The van der Waals surface area contributed by atoms with Gasteiger partial charge in [-0.15, -0.1) is 0 Å². The van der Waals surface area contributed by atoms with E-state index in [4.69, 9.17) is 17.1 Å². The van der Waals surface area contributed by atoms with Crippen molar-refractivity contribution < 1.29 is 15.0 Å². The van der Waals surface area contributed by atoms with E-state index in [2.05, 4.69) is 10.0 Å². The standard InChI is InChI=1S/C11H12ClN3O3/c12-9-2-1-7(5-8(9)6-16)11(18)10(17)3-4-14-15-13/h1-2,5-6,10-11,17-18H,3-4H2. The van der Waals surface area contributed by atoms with E-state index in [1.165, 1.54) is 18.2 Å². The largest absolute Gasteiger partial charge is 0.390 e. The van der Waals surface area contributed by atoms with Gasteiger partial charge in [0.15, 0.2) is 6.29 Å². The molecule has 0 radical (unpaired) electrons. The van der Waals surface area contributed by atoms with Crippen LogP contribution in [-0.4, -0.2) is 29.1 Å². The number of benzene rings is 1. The summed E-state index contributed by atoms with van der Waals surface area (Å²) in [4.78, 5) is 13.2. The van der Waals surface area contributed by atoms with Gasteiger partial charge < -0.3 is 10.2 Å². The number of aliphatic hydroxyl groups excluding tert-OH is 2. The molecule has 6 nitrogen and oxygen atoms in total. The minimum Gasteiger partial charge on any atom is -0.390 e. The molecule has 2 N–H and O–H groups in total. The Bertz CT molecular complexity index is 475. The highest BCUT2D eigenvalue weighted by atomic mass is 35.5. The Kier molecular flexibility index (Phi) is 5.61. The van der Waals surface area contributed by atoms with Crippen LogP contribution in [0.3, 0.4) is 0 Å². The zero-order valence-corrected chi connectivity index (χ0v) is 10.2. The molecule has 0 bridgehead atoms. The first-order valence-corrected chi connectivity index (χ1v) is 5.59. The van der Waals surface area contributed by atoms with Gasteiger partial charge in [-0.05, 0) is 29.6 Å². The lowest BCUT2D eigenvalue weighted by Crippen LogP contribution is -2.19. The van der Waals surface area contributed by atoms with Gasteiger partial charge in [0.05, 0.1) is 11.1 Å². The molecule has 18 heavy (non-hydrogen) atoms. The number of carbonyl (C=O) groups is 1. The molecule has 0 heterocycles. The van der Waals surface area contributed by atoms with E-state index >= 15 is 0 Å². The van der Waals surface area contributed by atoms with Crippen LogP contribution >= 0.6 is 11.6 Å². The van der Waals surface area contributed by atoms with Crippen LogP contribution < -0.4 is 0 Å². The smallest absolute Gasteiger partial charge is 0.151 e. The minimum absolute atomic E-state index is 0.0862. The number of nitrogens with zero attached hydrogens (tertiary/aromatic N) is 3. The van der Waals surface area contributed by atoms with Crippen molar-refractivity contribution in [3.05, 3.63) is 44.8 Å². The Morgan fingerprint density at radius 2 is 2.22 bits per heavy atom. The van der Waals surface area contributed by atoms with Gasteiger partial charge in [0, 0.05) is 17.0 Å². The molecule has 96 valence electrons. The van der Waals surface area contributed by atoms with E-state index in [0.717, 1.165) is 0 Å². The summed E-state index contributed by atoms with van der Waals surface area (Å²) < 4.78 is 0. The third-order valence-electron chi connectivity index (χ3n) is 2.44. The summed E-state index contributed by atoms with van der Waals surface area (Å²) in [5.41, 5.74) is 8.72. The normalized spacial score (nSPS) is 13.5. The molecule has 0 saturated heterocycles. The molecule has 2 unspecified atom stereocenters. The van der Waals surface area contributed by atoms with Crippen molar-refractivity contribution in [3.63, 3.8) is 0 Å². The van der Waals surface area contributed by atoms with Crippen LogP contribution in [0.1, 0.15) is 28.4 Å². The second kappa shape index (κ2) is 6.98. The lowest BCUT2D eigenvalue weighted by atomic mass is 10.0. The molecule has 0 aliphatic rings. The molecule has 0 aliphatic carbocycles. The summed E-state index contributed by atoms with van der Waals surface area (Å²) in [6, 6.07) is 4.41. The fourth-order valence-electron chi connectivity index (χ4n) is 1.45. The van der Waals surface area contributed by atoms with Gasteiger partial charge in [-0.1, -0.05) is 22.8 Å². The van der Waals surface area contributed by atoms with E-state index < -0.39 is 12.2 Å². The van der Waals surface area contributed by atoms with Crippen molar-refractivity contribution in [2.75, 3.05) is 6.54 Å². The van der Waals surface area contributed by atoms with Crippen LogP contribution in [-0.2, 0) is 0 Å². The van der Waals surface area contributed by atoms with Gasteiger partial charge in [-0.25, -0.2) is 0 Å². The number of carbonyl (C=O) groups excluding carboxylic acids is 1. The molecular weight excluding hydrogens is 258 g/mol. The monoisotopic (exact) mass is 269 g/mol. The van der Waals surface area contributed by atoms with Crippen molar-refractivity contribution in [3.8, 4) is 0 Å². The van der Waals surface area contributed by atoms with E-state index in [1.54, 1.807) is 0 Å². The van der Waals surface area contributed by atoms with Crippen LogP contribution in [0, 0.1) is 0 Å². The lowest BCUT2D eigenvalue weighted by molar-refractivity contribution is 0.0150. The highest BCUT2D eigenvalue weighted by Crippen LogP contribution is 2.23. The van der Waals surface area contributed by atoms with Gasteiger partial charge >= 0.3 is 0 Å². The third kappa shape index (κ3) is 3.72. The number of halogens is 1. The van der Waals surface area contributed by atoms with Crippen LogP contribution in [0.2, 0.25) is 5.02 Å². The molecule has 0 amide bonds. The molecule has 1 aromatic carbocycles. The van der Waals surface area contributed by atoms with Crippen molar-refractivity contribution in [2.45, 2.75) is 18.6 Å². The van der Waals surface area contributed by atoms with E-state index in [-0.39, 0.29) is 23.6 Å². The maximum Gasteiger partial charge on any atom is 0.151 e. The molecular formula is C11H12ClN3O3. The first kappa shape index (κ1) is 14.5. The zero-order valence-electron chi connectivity index (χ0n) is 9.40. The highest BCUT2D eigenvalue weighted by Gasteiger charge is 2.18. The molecule has 0 fully saturated rings. The summed E-state index contributed by atoms with van der Waals surface area (Å²) in [7, 11) is 0. The van der Waals surface area contributed by atoms with Crippen LogP contribution in [0.25, 0.3) is 10.4 Å². The Morgan fingerprint density at radius 3 is 2.83 bits per heavy atom. The summed E-state index contributed by atoms with van der Waals surface area (Å²) in [6.45, 7) is 0.0862. The summed E-state index contributed by atoms with van der Waals surface area (Å²) in [6.07, 6.45) is -1.53. The topological polar surface area (TPSA) is 106 Å². The predicted molar refractivity (Wildman–Crippen MR) is 66.4 cm³/mol. The first-order chi connectivity index (χ1) is 8.60. The SMILES string of the molecule is [N-]=[N+]=NCCC(O)C(O)c1ccc(Cl)c(C=O)c1. The molecule has 7 heteroatoms. The van der Waals surface area contributed by atoms with Gasteiger partial charge in [0.25, 0.3) is 0 Å². The predicted octanol–water partition coefficient (Wildman–Crippen LogP) is 2.25. The fourth-order valence-corrected chi connectivity index (χ4v) is 1.61. The maximum absolute atomic E-state index is 10.7. The summed E-state index contributed by atoms with van der Waals surface area (Å²) >= 11 is 5.75. The minimum atomic E-state index is -1.16. The second-order valence-electron chi connectivity index (χ2n) is 3.65. The van der Waals surface area contributed by atoms with Crippen molar-refractivity contribution >= 4 is 17.9 Å². The van der Waals surface area contributed by atoms with Crippen LogP contribution in [0.5, 0.6) is 0 Å². The molecule has 2 atom stereocenters. The zero-order chi connectivity index (χ0) is 13.5. The fraction of sp³-hybridized carbons (Fsp3) is 0.364. The maximum atomic E-state index is 10.7. The number of aliphatic hydroxyl groups is 2. The van der Waals surface area contributed by atoms with Crippen molar-refractivity contribution in [1.29, 1.82) is 0 Å². The van der Waals surface area contributed by atoms with Crippen LogP contribution in [0.4, 0.5) is 0 Å². The van der Waals surface area contributed by atoms with Gasteiger partial charge in [0.2, 0.25) is 0 Å². The number of aldehydes is 1. The van der Waals surface area contributed by atoms with Crippen molar-refractivity contribution in [1.82, 2.24) is 0 Å². The van der Waals surface area contributed by atoms with E-state index in [0.29, 0.717) is 11.8 Å². The molecule has 0 aliphatic heterocycles. The molecule has 0 spiro atoms. The van der Waals surface area contributed by atoms with Crippen molar-refractivity contribution in [2.24, 2.45) is 5.11 Å². The Labute approximate surface area is 108 Å². The number of hydrogen-bond donors (Lipinski definition) is 2. The first-order valence-electron chi connectivity index (χ1n) is 5.21. The second-order valence-corrected chi connectivity index (χ2v) is 4.06. The molecule has 0 saturated carbocycles. The number of hydrogen-bond acceptors (Lipinski definition) is 4. The molecule has 1 aromatic rings. The van der Waals surface area contributed by atoms with Gasteiger partial charge in [-0.2, -0.15) is 0 Å². The van der Waals surface area contributed by atoms with E-state index in [1.807, 2.05) is 0 Å². The summed E-state index contributed by atoms with van der Waals surface area (Å²) in [5.74, 6) is 0. The van der Waals surface area contributed by atoms with E-state index in [9.17, 15) is 15.0 Å². The number of rotatable bonds is 6. The quantitative estimate of drug-likeness (QED) is 0.358. The number of azide groups is 1. The highest BCUT2D eigenvalue weighted by molar-refractivity contribution is 6.32. The summed E-state index contributed by atoms with van der Waals surface area (Å²) in [5, 5.41) is 23.1. The average molecular weight is 270 g/mol. The Morgan fingerprint density at radius 1 is 1.50 bits per heavy atom. The lowest BCUT2D eigenvalue weighted by Gasteiger charge is -2.17. The molecule has 1 rings (SSSR count). The van der Waals surface area contributed by atoms with Gasteiger partial charge in [-0.3, -0.25) is 4.79 Å². The average Bonchev–Trinajstić information content (AvgIpc) is 2.38. The molecule has 0 aromatic heterocycles. The van der Waals surface area contributed by atoms with Crippen LogP contribution in [0.15, 0.2) is 23.3 Å². The Balaban J connectivity index is 2.79. The third-order valence-corrected chi connectivity index (χ3v) is 2.79. The van der Waals surface area contributed by atoms with Gasteiger partial charge in [0.1, 0.15) is 6.10 Å². The Hall–Kier alpha value is -1.59.